The van der Waals surface area contributed by atoms with Gasteiger partial charge in [0.25, 0.3) is 0 Å². The van der Waals surface area contributed by atoms with Crippen LogP contribution in [0.2, 0.25) is 0 Å². The molecule has 0 fully saturated rings. The van der Waals surface area contributed by atoms with E-state index >= 15 is 0 Å². The molecule has 5 aromatic heterocycles. The maximum atomic E-state index is 5.21. The molecule has 11 aromatic rings. The molecule has 0 unspecified atom stereocenters. The molecule has 3 nitrogen and oxygen atoms in total. The molecule has 0 bridgehead atoms. The van der Waals surface area contributed by atoms with Gasteiger partial charge in [0.05, 0.1) is 22.1 Å². The van der Waals surface area contributed by atoms with Crippen molar-refractivity contribution < 1.29 is 0 Å². The summed E-state index contributed by atoms with van der Waals surface area (Å²) in [7, 11) is 0. The molecular weight excluding hydrogens is 563 g/mol. The van der Waals surface area contributed by atoms with Crippen molar-refractivity contribution in [1.29, 1.82) is 0 Å². The normalized spacial score (nSPS) is 12.7. The molecular formula is C38H19N3S2. The zero-order valence-electron chi connectivity index (χ0n) is 22.6. The summed E-state index contributed by atoms with van der Waals surface area (Å²) in [6.07, 6.45) is 0. The fourth-order valence-electron chi connectivity index (χ4n) is 7.25. The molecule has 0 atom stereocenters. The van der Waals surface area contributed by atoms with E-state index in [1.165, 1.54) is 78.7 Å². The van der Waals surface area contributed by atoms with E-state index in [9.17, 15) is 0 Å². The Morgan fingerprint density at radius 3 is 2.05 bits per heavy atom. The highest BCUT2D eigenvalue weighted by Gasteiger charge is 2.24. The molecule has 5 heteroatoms. The monoisotopic (exact) mass is 581 g/mol. The van der Waals surface area contributed by atoms with E-state index in [0.29, 0.717) is 0 Å². The van der Waals surface area contributed by atoms with Gasteiger partial charge in [-0.1, -0.05) is 72.8 Å². The van der Waals surface area contributed by atoms with Crippen molar-refractivity contribution in [2.24, 2.45) is 0 Å². The Labute approximate surface area is 252 Å². The fraction of sp³-hybridized carbons (Fsp3) is 0. The summed E-state index contributed by atoms with van der Waals surface area (Å²) in [4.78, 5) is 10.4. The molecule has 0 aliphatic carbocycles. The number of hydrogen-bond acceptors (Lipinski definition) is 4. The maximum absolute atomic E-state index is 5.21. The van der Waals surface area contributed by atoms with E-state index in [4.69, 9.17) is 9.97 Å². The SMILES string of the molecule is c1ccc2nc3c(nc2c1)c1cc2c4ccccc4sc2c2c4cc(-c5cccc6c5sc5ccccc56)ccc4n3c12. The number of nitrogens with zero attached hydrogens (tertiary/aromatic N) is 3. The fourth-order valence-corrected chi connectivity index (χ4v) is 9.73. The molecule has 6 aromatic carbocycles. The highest BCUT2D eigenvalue weighted by Crippen LogP contribution is 2.48. The molecule has 5 heterocycles. The first-order chi connectivity index (χ1) is 21.3. The predicted molar refractivity (Wildman–Crippen MR) is 185 cm³/mol. The molecule has 0 saturated carbocycles. The van der Waals surface area contributed by atoms with Crippen LogP contribution in [0.4, 0.5) is 0 Å². The second-order valence-electron chi connectivity index (χ2n) is 11.4. The summed E-state index contributed by atoms with van der Waals surface area (Å²) < 4.78 is 7.68. The number of para-hydroxylation sites is 2. The molecule has 11 rings (SSSR count). The van der Waals surface area contributed by atoms with Crippen LogP contribution < -0.4 is 0 Å². The van der Waals surface area contributed by atoms with Gasteiger partial charge in [-0.2, -0.15) is 0 Å². The van der Waals surface area contributed by atoms with Crippen molar-refractivity contribution >= 4 is 112 Å². The quantitative estimate of drug-likeness (QED) is 0.193. The van der Waals surface area contributed by atoms with Crippen molar-refractivity contribution in [3.63, 3.8) is 0 Å². The van der Waals surface area contributed by atoms with Crippen LogP contribution in [0.1, 0.15) is 0 Å². The van der Waals surface area contributed by atoms with Gasteiger partial charge >= 0.3 is 0 Å². The lowest BCUT2D eigenvalue weighted by Crippen LogP contribution is -1.89. The van der Waals surface area contributed by atoms with Crippen LogP contribution in [0.3, 0.4) is 0 Å². The van der Waals surface area contributed by atoms with Crippen molar-refractivity contribution in [2.75, 3.05) is 0 Å². The zero-order chi connectivity index (χ0) is 27.8. The third kappa shape index (κ3) is 2.79. The highest BCUT2D eigenvalue weighted by molar-refractivity contribution is 7.27. The van der Waals surface area contributed by atoms with Gasteiger partial charge in [-0.25, -0.2) is 9.97 Å². The minimum atomic E-state index is 0.921. The maximum Gasteiger partial charge on any atom is 0.165 e. The molecule has 0 N–H and O–H groups in total. The highest BCUT2D eigenvalue weighted by atomic mass is 32.1. The van der Waals surface area contributed by atoms with Crippen molar-refractivity contribution in [3.05, 3.63) is 115 Å². The van der Waals surface area contributed by atoms with Crippen LogP contribution in [0.25, 0.3) is 101 Å². The average molecular weight is 582 g/mol. The number of hydrogen-bond donors (Lipinski definition) is 0. The van der Waals surface area contributed by atoms with E-state index < -0.39 is 0 Å². The first-order valence-corrected chi connectivity index (χ1v) is 16.1. The van der Waals surface area contributed by atoms with E-state index in [0.717, 1.165) is 22.2 Å². The third-order valence-corrected chi connectivity index (χ3v) is 11.5. The molecule has 0 aliphatic rings. The summed E-state index contributed by atoms with van der Waals surface area (Å²) >= 11 is 3.78. The van der Waals surface area contributed by atoms with E-state index in [1.807, 2.05) is 34.8 Å². The lowest BCUT2D eigenvalue weighted by Gasteiger charge is -2.06. The number of rotatable bonds is 1. The van der Waals surface area contributed by atoms with Crippen LogP contribution in [0.15, 0.2) is 115 Å². The first-order valence-electron chi connectivity index (χ1n) is 14.4. The second-order valence-corrected chi connectivity index (χ2v) is 13.5. The van der Waals surface area contributed by atoms with Gasteiger partial charge in [-0.05, 0) is 53.6 Å². The van der Waals surface area contributed by atoms with Gasteiger partial charge in [0.15, 0.2) is 5.65 Å². The van der Waals surface area contributed by atoms with Crippen molar-refractivity contribution in [3.8, 4) is 11.1 Å². The molecule has 0 saturated heterocycles. The third-order valence-electron chi connectivity index (χ3n) is 9.11. The van der Waals surface area contributed by atoms with Gasteiger partial charge in [0, 0.05) is 56.5 Å². The van der Waals surface area contributed by atoms with Gasteiger partial charge in [0.2, 0.25) is 0 Å². The summed E-state index contributed by atoms with van der Waals surface area (Å²) in [5.41, 5.74) is 8.67. The van der Waals surface area contributed by atoms with E-state index in [1.54, 1.807) is 0 Å². The molecule has 0 spiro atoms. The minimum absolute atomic E-state index is 0.921. The summed E-state index contributed by atoms with van der Waals surface area (Å²) in [5.74, 6) is 0. The largest absolute Gasteiger partial charge is 0.291 e. The first kappa shape index (κ1) is 22.5. The van der Waals surface area contributed by atoms with Crippen LogP contribution in [0, 0.1) is 0 Å². The van der Waals surface area contributed by atoms with Crippen LogP contribution in [0.5, 0.6) is 0 Å². The molecule has 198 valence electrons. The zero-order valence-corrected chi connectivity index (χ0v) is 24.3. The van der Waals surface area contributed by atoms with E-state index in [2.05, 4.69) is 108 Å². The van der Waals surface area contributed by atoms with Gasteiger partial charge < -0.3 is 0 Å². The Bertz CT molecular complexity index is 2960. The van der Waals surface area contributed by atoms with Crippen LogP contribution in [-0.4, -0.2) is 14.4 Å². The Morgan fingerprint density at radius 2 is 1.21 bits per heavy atom. The minimum Gasteiger partial charge on any atom is -0.291 e. The van der Waals surface area contributed by atoms with Crippen molar-refractivity contribution in [2.45, 2.75) is 0 Å². The average Bonchev–Trinajstić information content (AvgIpc) is 3.79. The molecule has 43 heavy (non-hydrogen) atoms. The predicted octanol–water partition coefficient (Wildman–Crippen LogP) is 11.2. The summed E-state index contributed by atoms with van der Waals surface area (Å²) in [6, 6.07) is 41.8. The number of benzene rings is 6. The molecule has 0 aliphatic heterocycles. The van der Waals surface area contributed by atoms with E-state index in [-0.39, 0.29) is 0 Å². The standard InChI is InChI=1S/C38H19N3S2/c1-5-14-31-22(8-1)24-11-7-10-21(36(24)42-31)20-16-17-30-26(18-20)33-35-27(19-25-23-9-2-6-15-32(23)43-37(25)33)34-38(41(30)35)40-29-13-4-3-12-28(29)39-34/h1-19H. The lowest BCUT2D eigenvalue weighted by atomic mass is 9.99. The number of aromatic nitrogens is 3. The van der Waals surface area contributed by atoms with Crippen LogP contribution >= 0.6 is 22.7 Å². The number of fused-ring (bicyclic) bond motifs is 14. The Morgan fingerprint density at radius 1 is 0.512 bits per heavy atom. The second kappa shape index (κ2) is 7.84. The Kier molecular flexibility index (Phi) is 4.10. The smallest absolute Gasteiger partial charge is 0.165 e. The van der Waals surface area contributed by atoms with Gasteiger partial charge in [0.1, 0.15) is 5.52 Å². The molecule has 0 radical (unpaired) electrons. The summed E-state index contributed by atoms with van der Waals surface area (Å²) in [6.45, 7) is 0. The Balaban J connectivity index is 1.34. The molecule has 0 amide bonds. The number of thiophene rings is 2. The van der Waals surface area contributed by atoms with Crippen molar-refractivity contribution in [1.82, 2.24) is 14.4 Å². The van der Waals surface area contributed by atoms with Gasteiger partial charge in [-0.15, -0.1) is 22.7 Å². The lowest BCUT2D eigenvalue weighted by molar-refractivity contribution is 1.28. The Hall–Kier alpha value is -5.10. The summed E-state index contributed by atoms with van der Waals surface area (Å²) in [5, 5.41) is 8.99. The van der Waals surface area contributed by atoms with Gasteiger partial charge in [-0.3, -0.25) is 4.40 Å². The topological polar surface area (TPSA) is 30.2 Å². The van der Waals surface area contributed by atoms with Crippen LogP contribution in [-0.2, 0) is 0 Å².